The van der Waals surface area contributed by atoms with Crippen molar-refractivity contribution in [2.75, 3.05) is 6.54 Å². The summed E-state index contributed by atoms with van der Waals surface area (Å²) >= 11 is 0. The van der Waals surface area contributed by atoms with Gasteiger partial charge in [0, 0.05) is 12.1 Å². The number of rotatable bonds is 6. The average Bonchev–Trinajstić information content (AvgIpc) is 2.30. The molecule has 0 amide bonds. The number of phenolic OH excluding ortho intramolecular Hbond substituents is 1. The van der Waals surface area contributed by atoms with Crippen LogP contribution in [0.4, 0.5) is 0 Å². The van der Waals surface area contributed by atoms with Gasteiger partial charge in [0.25, 0.3) is 0 Å². The van der Waals surface area contributed by atoms with E-state index in [4.69, 9.17) is 0 Å². The van der Waals surface area contributed by atoms with Crippen molar-refractivity contribution in [2.45, 2.75) is 46.8 Å². The summed E-state index contributed by atoms with van der Waals surface area (Å²) in [7, 11) is 0. The van der Waals surface area contributed by atoms with Gasteiger partial charge in [-0.2, -0.15) is 0 Å². The van der Waals surface area contributed by atoms with E-state index in [2.05, 4.69) is 5.32 Å². The third-order valence-electron chi connectivity index (χ3n) is 3.40. The molecular formula is C15H25NO2. The van der Waals surface area contributed by atoms with Gasteiger partial charge in [-0.25, -0.2) is 0 Å². The fourth-order valence-corrected chi connectivity index (χ4v) is 1.81. The molecule has 0 saturated heterocycles. The molecule has 1 aromatic rings. The second-order valence-electron chi connectivity index (χ2n) is 5.34. The van der Waals surface area contributed by atoms with Crippen molar-refractivity contribution in [1.29, 1.82) is 0 Å². The molecule has 3 nitrogen and oxygen atoms in total. The number of nitrogens with one attached hydrogen (secondary N) is 1. The Morgan fingerprint density at radius 2 is 1.78 bits per heavy atom. The number of hydrogen-bond acceptors (Lipinski definition) is 3. The zero-order valence-electron chi connectivity index (χ0n) is 11.8. The first-order valence-electron chi connectivity index (χ1n) is 6.59. The zero-order chi connectivity index (χ0) is 13.7. The van der Waals surface area contributed by atoms with E-state index in [1.807, 2.05) is 33.8 Å². The van der Waals surface area contributed by atoms with E-state index in [0.29, 0.717) is 18.2 Å². The van der Waals surface area contributed by atoms with Gasteiger partial charge in [0.2, 0.25) is 0 Å². The highest BCUT2D eigenvalue weighted by molar-refractivity contribution is 5.40. The van der Waals surface area contributed by atoms with E-state index in [0.717, 1.165) is 24.1 Å². The molecule has 1 aromatic carbocycles. The second-order valence-corrected chi connectivity index (χ2v) is 5.34. The molecule has 3 heteroatoms. The van der Waals surface area contributed by atoms with Crippen LogP contribution in [0.25, 0.3) is 0 Å². The quantitative estimate of drug-likeness (QED) is 0.681. The molecule has 0 aliphatic carbocycles. The number of phenols is 1. The van der Waals surface area contributed by atoms with Gasteiger partial charge in [0.05, 0.1) is 6.10 Å². The van der Waals surface area contributed by atoms with E-state index in [1.54, 1.807) is 6.07 Å². The molecule has 0 spiro atoms. The van der Waals surface area contributed by atoms with Gasteiger partial charge >= 0.3 is 0 Å². The minimum Gasteiger partial charge on any atom is -0.508 e. The third kappa shape index (κ3) is 4.31. The van der Waals surface area contributed by atoms with Crippen LogP contribution in [0, 0.1) is 19.8 Å². The lowest BCUT2D eigenvalue weighted by atomic mass is 10.0. The van der Waals surface area contributed by atoms with Gasteiger partial charge in [-0.1, -0.05) is 19.9 Å². The lowest BCUT2D eigenvalue weighted by molar-refractivity contribution is 0.116. The van der Waals surface area contributed by atoms with Crippen LogP contribution in [0.1, 0.15) is 37.0 Å². The molecule has 0 bridgehead atoms. The summed E-state index contributed by atoms with van der Waals surface area (Å²) in [6.07, 6.45) is 0.481. The largest absolute Gasteiger partial charge is 0.508 e. The van der Waals surface area contributed by atoms with E-state index < -0.39 is 0 Å². The fraction of sp³-hybridized carbons (Fsp3) is 0.600. The van der Waals surface area contributed by atoms with Gasteiger partial charge in [-0.15, -0.1) is 0 Å². The van der Waals surface area contributed by atoms with Crippen molar-refractivity contribution < 1.29 is 10.2 Å². The highest BCUT2D eigenvalue weighted by atomic mass is 16.3. The van der Waals surface area contributed by atoms with Crippen molar-refractivity contribution in [3.63, 3.8) is 0 Å². The molecule has 0 saturated carbocycles. The van der Waals surface area contributed by atoms with Crippen molar-refractivity contribution in [3.8, 4) is 5.75 Å². The zero-order valence-corrected chi connectivity index (χ0v) is 11.8. The third-order valence-corrected chi connectivity index (χ3v) is 3.40. The Bertz CT molecular complexity index is 388. The predicted molar refractivity (Wildman–Crippen MR) is 74.7 cm³/mol. The Hall–Kier alpha value is -1.06. The lowest BCUT2D eigenvalue weighted by Gasteiger charge is -2.15. The van der Waals surface area contributed by atoms with Crippen LogP contribution in [0.5, 0.6) is 5.75 Å². The molecule has 0 radical (unpaired) electrons. The summed E-state index contributed by atoms with van der Waals surface area (Å²) < 4.78 is 0. The number of aliphatic hydroxyl groups excluding tert-OH is 1. The van der Waals surface area contributed by atoms with Crippen molar-refractivity contribution >= 4 is 0 Å². The summed E-state index contributed by atoms with van der Waals surface area (Å²) in [5.74, 6) is 0.636. The number of aromatic hydroxyl groups is 1. The van der Waals surface area contributed by atoms with Crippen LogP contribution in [0.3, 0.4) is 0 Å². The summed E-state index contributed by atoms with van der Waals surface area (Å²) in [6.45, 7) is 9.45. The topological polar surface area (TPSA) is 52.5 Å². The average molecular weight is 251 g/mol. The fourth-order valence-electron chi connectivity index (χ4n) is 1.81. The number of aliphatic hydroxyl groups is 1. The lowest BCUT2D eigenvalue weighted by Crippen LogP contribution is -2.23. The van der Waals surface area contributed by atoms with Crippen LogP contribution < -0.4 is 5.32 Å². The first-order chi connectivity index (χ1) is 8.41. The van der Waals surface area contributed by atoms with Crippen LogP contribution in [0.15, 0.2) is 12.1 Å². The second kappa shape index (κ2) is 6.76. The molecule has 0 aromatic heterocycles. The Balaban J connectivity index is 2.42. The summed E-state index contributed by atoms with van der Waals surface area (Å²) in [5, 5.41) is 22.7. The van der Waals surface area contributed by atoms with Gasteiger partial charge in [-0.3, -0.25) is 0 Å². The molecule has 1 unspecified atom stereocenters. The summed E-state index contributed by atoms with van der Waals surface area (Å²) in [4.78, 5) is 0. The summed E-state index contributed by atoms with van der Waals surface area (Å²) in [6, 6.07) is 3.81. The predicted octanol–water partition coefficient (Wildman–Crippen LogP) is 2.51. The Morgan fingerprint density at radius 1 is 1.17 bits per heavy atom. The maximum atomic E-state index is 9.82. The van der Waals surface area contributed by atoms with E-state index in [1.165, 1.54) is 5.56 Å². The number of hydrogen-bond donors (Lipinski definition) is 3. The van der Waals surface area contributed by atoms with E-state index in [-0.39, 0.29) is 6.10 Å². The maximum Gasteiger partial charge on any atom is 0.120 e. The standard InChI is InChI=1S/C15H25NO2/c1-10(2)14(17)5-6-16-9-13-7-11(3)12(4)8-15(13)18/h7-8,10,14,16-18H,5-6,9H2,1-4H3. The van der Waals surface area contributed by atoms with Crippen molar-refractivity contribution in [1.82, 2.24) is 5.32 Å². The Kier molecular flexibility index (Phi) is 5.63. The van der Waals surface area contributed by atoms with Gasteiger partial charge in [0.15, 0.2) is 0 Å². The molecule has 102 valence electrons. The summed E-state index contributed by atoms with van der Waals surface area (Å²) in [5.41, 5.74) is 3.20. The smallest absolute Gasteiger partial charge is 0.120 e. The Morgan fingerprint density at radius 3 is 2.39 bits per heavy atom. The SMILES string of the molecule is Cc1cc(O)c(CNCCC(O)C(C)C)cc1C. The van der Waals surface area contributed by atoms with Gasteiger partial charge in [-0.05, 0) is 49.9 Å². The number of benzene rings is 1. The van der Waals surface area contributed by atoms with Crippen molar-refractivity contribution in [3.05, 3.63) is 28.8 Å². The van der Waals surface area contributed by atoms with Crippen molar-refractivity contribution in [2.24, 2.45) is 5.92 Å². The monoisotopic (exact) mass is 251 g/mol. The van der Waals surface area contributed by atoms with Gasteiger partial charge < -0.3 is 15.5 Å². The molecule has 18 heavy (non-hydrogen) atoms. The molecule has 3 N–H and O–H groups in total. The minimum atomic E-state index is -0.258. The minimum absolute atomic E-state index is 0.258. The molecule has 0 heterocycles. The van der Waals surface area contributed by atoms with E-state index in [9.17, 15) is 10.2 Å². The van der Waals surface area contributed by atoms with Crippen LogP contribution in [-0.2, 0) is 6.54 Å². The van der Waals surface area contributed by atoms with Crippen LogP contribution >= 0.6 is 0 Å². The maximum absolute atomic E-state index is 9.82. The molecule has 0 aliphatic heterocycles. The normalized spacial score (nSPS) is 13.0. The molecule has 1 atom stereocenters. The highest BCUT2D eigenvalue weighted by Crippen LogP contribution is 2.21. The van der Waals surface area contributed by atoms with E-state index >= 15 is 0 Å². The first kappa shape index (κ1) is 15.0. The molecule has 0 aliphatic rings. The number of aryl methyl sites for hydroxylation is 2. The Labute approximate surface area is 110 Å². The van der Waals surface area contributed by atoms with Gasteiger partial charge in [0.1, 0.15) is 5.75 Å². The van der Waals surface area contributed by atoms with Crippen LogP contribution in [0.2, 0.25) is 0 Å². The molecular weight excluding hydrogens is 226 g/mol. The molecule has 0 fully saturated rings. The van der Waals surface area contributed by atoms with Crippen LogP contribution in [-0.4, -0.2) is 22.9 Å². The first-order valence-corrected chi connectivity index (χ1v) is 6.59. The molecule has 1 rings (SSSR count). The highest BCUT2D eigenvalue weighted by Gasteiger charge is 2.08.